The van der Waals surface area contributed by atoms with E-state index < -0.39 is 10.1 Å². The SMILES string of the molecule is CS(=O)(=O)ONc1ccccn1. The number of pyridine rings is 1. The van der Waals surface area contributed by atoms with Crippen molar-refractivity contribution in [1.82, 2.24) is 4.98 Å². The quantitative estimate of drug-likeness (QED) is 0.695. The molecule has 1 heterocycles. The van der Waals surface area contributed by atoms with Gasteiger partial charge in [0.2, 0.25) is 0 Å². The molecule has 5 nitrogen and oxygen atoms in total. The van der Waals surface area contributed by atoms with Gasteiger partial charge in [-0.05, 0) is 12.1 Å². The van der Waals surface area contributed by atoms with Gasteiger partial charge in [-0.3, -0.25) is 0 Å². The normalized spacial score (nSPS) is 11.1. The number of hydrogen-bond acceptors (Lipinski definition) is 5. The first-order chi connectivity index (χ1) is 5.58. The molecule has 66 valence electrons. The summed E-state index contributed by atoms with van der Waals surface area (Å²) in [6, 6.07) is 5.01. The molecule has 0 aliphatic carbocycles. The standard InChI is InChI=1S/C6H8N2O3S/c1-12(9,10)11-8-6-4-2-3-5-7-6/h2-5H,1H3,(H,7,8). The average molecular weight is 188 g/mol. The summed E-state index contributed by atoms with van der Waals surface area (Å²) in [5.41, 5.74) is 2.19. The van der Waals surface area contributed by atoms with E-state index >= 15 is 0 Å². The summed E-state index contributed by atoms with van der Waals surface area (Å²) in [6.07, 6.45) is 2.47. The van der Waals surface area contributed by atoms with Crippen molar-refractivity contribution in [3.8, 4) is 0 Å². The Morgan fingerprint density at radius 3 is 2.75 bits per heavy atom. The molecule has 6 heteroatoms. The number of rotatable bonds is 3. The van der Waals surface area contributed by atoms with E-state index in [9.17, 15) is 8.42 Å². The van der Waals surface area contributed by atoms with Crippen LogP contribution < -0.4 is 5.48 Å². The van der Waals surface area contributed by atoms with E-state index in [0.29, 0.717) is 5.82 Å². The van der Waals surface area contributed by atoms with Crippen molar-refractivity contribution in [1.29, 1.82) is 0 Å². The van der Waals surface area contributed by atoms with Gasteiger partial charge in [-0.15, -0.1) is 4.28 Å². The van der Waals surface area contributed by atoms with Gasteiger partial charge in [0, 0.05) is 6.20 Å². The zero-order valence-corrected chi connectivity index (χ0v) is 7.21. The van der Waals surface area contributed by atoms with Crippen LogP contribution in [0.4, 0.5) is 5.82 Å². The van der Waals surface area contributed by atoms with E-state index in [-0.39, 0.29) is 0 Å². The number of nitrogens with zero attached hydrogens (tertiary/aromatic N) is 1. The van der Waals surface area contributed by atoms with Gasteiger partial charge in [0.05, 0.1) is 6.26 Å². The van der Waals surface area contributed by atoms with Crippen molar-refractivity contribution in [3.63, 3.8) is 0 Å². The summed E-state index contributed by atoms with van der Waals surface area (Å²) in [4.78, 5) is 3.78. The van der Waals surface area contributed by atoms with Gasteiger partial charge in [0.25, 0.3) is 10.1 Å². The molecule has 0 saturated carbocycles. The first kappa shape index (κ1) is 8.95. The minimum absolute atomic E-state index is 0.350. The smallest absolute Gasteiger partial charge is 0.237 e. The lowest BCUT2D eigenvalue weighted by Crippen LogP contribution is -2.09. The van der Waals surface area contributed by atoms with Crippen molar-refractivity contribution in [2.45, 2.75) is 0 Å². The summed E-state index contributed by atoms with van der Waals surface area (Å²) in [5, 5.41) is 0. The second-order valence-electron chi connectivity index (χ2n) is 2.10. The number of aromatic nitrogens is 1. The Morgan fingerprint density at radius 2 is 2.25 bits per heavy atom. The highest BCUT2D eigenvalue weighted by atomic mass is 32.2. The van der Waals surface area contributed by atoms with Crippen molar-refractivity contribution < 1.29 is 12.7 Å². The second-order valence-corrected chi connectivity index (χ2v) is 3.68. The molecule has 0 fully saturated rings. The molecular formula is C6H8N2O3S. The largest absolute Gasteiger partial charge is 0.285 e. The predicted molar refractivity (Wildman–Crippen MR) is 43.8 cm³/mol. The summed E-state index contributed by atoms with van der Waals surface area (Å²) in [7, 11) is -3.47. The van der Waals surface area contributed by atoms with E-state index in [1.165, 1.54) is 6.20 Å². The Balaban J connectivity index is 2.56. The molecule has 0 atom stereocenters. The van der Waals surface area contributed by atoms with Crippen LogP contribution in [0.15, 0.2) is 24.4 Å². The van der Waals surface area contributed by atoms with Gasteiger partial charge >= 0.3 is 0 Å². The third-order valence-corrected chi connectivity index (χ3v) is 1.35. The van der Waals surface area contributed by atoms with E-state index in [1.807, 2.05) is 0 Å². The lowest BCUT2D eigenvalue weighted by molar-refractivity contribution is 0.394. The average Bonchev–Trinajstić information content (AvgIpc) is 2.02. The van der Waals surface area contributed by atoms with Gasteiger partial charge in [-0.25, -0.2) is 10.5 Å². The molecule has 0 aliphatic rings. The lowest BCUT2D eigenvalue weighted by Gasteiger charge is -2.01. The molecule has 0 amide bonds. The van der Waals surface area contributed by atoms with Crippen LogP contribution in [0.25, 0.3) is 0 Å². The maximum absolute atomic E-state index is 10.5. The molecule has 0 aliphatic heterocycles. The van der Waals surface area contributed by atoms with Gasteiger partial charge < -0.3 is 0 Å². The van der Waals surface area contributed by atoms with Gasteiger partial charge in [-0.2, -0.15) is 8.42 Å². The highest BCUT2D eigenvalue weighted by Crippen LogP contribution is 2.00. The maximum atomic E-state index is 10.5. The monoisotopic (exact) mass is 188 g/mol. The number of hydrogen-bond donors (Lipinski definition) is 1. The van der Waals surface area contributed by atoms with E-state index in [1.54, 1.807) is 18.2 Å². The zero-order valence-electron chi connectivity index (χ0n) is 6.39. The fourth-order valence-electron chi connectivity index (χ4n) is 0.542. The Morgan fingerprint density at radius 1 is 1.50 bits per heavy atom. The maximum Gasteiger partial charge on any atom is 0.285 e. The molecule has 0 unspecified atom stereocenters. The van der Waals surface area contributed by atoms with Crippen molar-refractivity contribution >= 4 is 15.9 Å². The van der Waals surface area contributed by atoms with Crippen LogP contribution in [0, 0.1) is 0 Å². The van der Waals surface area contributed by atoms with E-state index in [0.717, 1.165) is 6.26 Å². The number of nitrogens with one attached hydrogen (secondary N) is 1. The van der Waals surface area contributed by atoms with Crippen LogP contribution in [0.3, 0.4) is 0 Å². The molecule has 0 bridgehead atoms. The van der Waals surface area contributed by atoms with Crippen molar-refractivity contribution in [3.05, 3.63) is 24.4 Å². The first-order valence-corrected chi connectivity index (χ1v) is 4.95. The molecule has 0 spiro atoms. The highest BCUT2D eigenvalue weighted by Gasteiger charge is 2.00. The fraction of sp³-hybridized carbons (Fsp3) is 0.167. The summed E-state index contributed by atoms with van der Waals surface area (Å²) in [5.74, 6) is 0.350. The molecule has 1 aromatic heterocycles. The van der Waals surface area contributed by atoms with Crippen molar-refractivity contribution in [2.75, 3.05) is 11.7 Å². The minimum atomic E-state index is -3.47. The van der Waals surface area contributed by atoms with Gasteiger partial charge in [0.1, 0.15) is 0 Å². The molecule has 1 rings (SSSR count). The summed E-state index contributed by atoms with van der Waals surface area (Å²) >= 11 is 0. The Labute approximate surface area is 70.5 Å². The zero-order chi connectivity index (χ0) is 9.03. The predicted octanol–water partition coefficient (Wildman–Crippen LogP) is 0.385. The van der Waals surface area contributed by atoms with Crippen LogP contribution in [-0.4, -0.2) is 19.7 Å². The topological polar surface area (TPSA) is 68.3 Å². The third-order valence-electron chi connectivity index (χ3n) is 0.963. The molecule has 1 aromatic rings. The van der Waals surface area contributed by atoms with Crippen LogP contribution in [0.2, 0.25) is 0 Å². The van der Waals surface area contributed by atoms with Crippen LogP contribution in [0.1, 0.15) is 0 Å². The van der Waals surface area contributed by atoms with Crippen LogP contribution in [0.5, 0.6) is 0 Å². The molecule has 1 N–H and O–H groups in total. The first-order valence-electron chi connectivity index (χ1n) is 3.13. The minimum Gasteiger partial charge on any atom is -0.237 e. The molecule has 0 radical (unpaired) electrons. The number of anilines is 1. The van der Waals surface area contributed by atoms with Gasteiger partial charge in [0.15, 0.2) is 5.82 Å². The summed E-state index contributed by atoms with van der Waals surface area (Å²) in [6.45, 7) is 0. The molecular weight excluding hydrogens is 180 g/mol. The summed E-state index contributed by atoms with van der Waals surface area (Å²) < 4.78 is 25.3. The third kappa shape index (κ3) is 3.31. The Kier molecular flexibility index (Phi) is 2.61. The van der Waals surface area contributed by atoms with Gasteiger partial charge in [-0.1, -0.05) is 6.07 Å². The second kappa shape index (κ2) is 3.51. The van der Waals surface area contributed by atoms with E-state index in [2.05, 4.69) is 14.7 Å². The van der Waals surface area contributed by atoms with Crippen LogP contribution >= 0.6 is 0 Å². The molecule has 0 saturated heterocycles. The Hall–Kier alpha value is -1.14. The lowest BCUT2D eigenvalue weighted by atomic mass is 10.5. The van der Waals surface area contributed by atoms with E-state index in [4.69, 9.17) is 0 Å². The van der Waals surface area contributed by atoms with Crippen LogP contribution in [-0.2, 0) is 14.4 Å². The highest BCUT2D eigenvalue weighted by molar-refractivity contribution is 7.86. The van der Waals surface area contributed by atoms with Crippen molar-refractivity contribution in [2.24, 2.45) is 0 Å². The molecule has 0 aromatic carbocycles. The fourth-order valence-corrected chi connectivity index (χ4v) is 0.778. The Bertz CT molecular complexity index is 335. The molecule has 12 heavy (non-hydrogen) atoms.